The van der Waals surface area contributed by atoms with Crippen molar-refractivity contribution in [2.45, 2.75) is 0 Å². The number of rotatable bonds is 0. The van der Waals surface area contributed by atoms with Crippen LogP contribution < -0.4 is 11.3 Å². The van der Waals surface area contributed by atoms with E-state index in [1.165, 1.54) is 24.7 Å². The maximum Gasteiger partial charge on any atom is 0.335 e. The van der Waals surface area contributed by atoms with E-state index in [9.17, 15) is 9.59 Å². The Hall–Kier alpha value is -1.14. The van der Waals surface area contributed by atoms with E-state index in [0.29, 0.717) is 0 Å². The Morgan fingerprint density at radius 1 is 0.750 bits per heavy atom. The van der Waals surface area contributed by atoms with Crippen LogP contribution in [0.15, 0.2) is 67.3 Å². The molecule has 0 spiro atoms. The molecular formula is C10H10NaO5. The molecule has 6 heteroatoms. The van der Waals surface area contributed by atoms with E-state index < -0.39 is 0 Å². The van der Waals surface area contributed by atoms with E-state index in [2.05, 4.69) is 8.83 Å². The monoisotopic (exact) mass is 233 g/mol. The van der Waals surface area contributed by atoms with Crippen LogP contribution in [0.5, 0.6) is 0 Å². The third-order valence-electron chi connectivity index (χ3n) is 1.21. The fourth-order valence-corrected chi connectivity index (χ4v) is 0.650. The molecule has 2 aromatic rings. The molecule has 0 bridgehead atoms. The molecule has 2 heterocycles. The zero-order valence-corrected chi connectivity index (χ0v) is 10.8. The topological polar surface area (TPSA) is 91.9 Å². The molecule has 5 nitrogen and oxygen atoms in total. The first-order chi connectivity index (χ1) is 6.79. The molecule has 0 saturated carbocycles. The Kier molecular flexibility index (Phi) is 11.2. The van der Waals surface area contributed by atoms with E-state index in [1.54, 1.807) is 24.3 Å². The summed E-state index contributed by atoms with van der Waals surface area (Å²) in [5, 5.41) is 0. The molecule has 2 N–H and O–H groups in total. The summed E-state index contributed by atoms with van der Waals surface area (Å²) >= 11 is 0. The van der Waals surface area contributed by atoms with E-state index in [1.807, 2.05) is 0 Å². The number of hydrogen-bond donors (Lipinski definition) is 0. The Morgan fingerprint density at radius 3 is 1.25 bits per heavy atom. The normalized spacial score (nSPS) is 7.50. The van der Waals surface area contributed by atoms with E-state index in [-0.39, 0.29) is 46.3 Å². The van der Waals surface area contributed by atoms with Crippen molar-refractivity contribution in [1.29, 1.82) is 0 Å². The summed E-state index contributed by atoms with van der Waals surface area (Å²) in [6.07, 6.45) is 2.70. The number of hydrogen-bond acceptors (Lipinski definition) is 4. The van der Waals surface area contributed by atoms with Gasteiger partial charge >= 0.3 is 11.3 Å². The molecule has 1 radical (unpaired) electrons. The van der Waals surface area contributed by atoms with E-state index >= 15 is 0 Å². The molecule has 0 atom stereocenters. The predicted octanol–water partition coefficient (Wildman–Crippen LogP) is 0.0741. The zero-order chi connectivity index (χ0) is 10.2. The molecule has 0 aliphatic heterocycles. The van der Waals surface area contributed by atoms with Crippen molar-refractivity contribution in [2.75, 3.05) is 0 Å². The van der Waals surface area contributed by atoms with Gasteiger partial charge in [-0.05, 0) is 12.1 Å². The van der Waals surface area contributed by atoms with Gasteiger partial charge in [-0.1, -0.05) is 12.1 Å². The van der Waals surface area contributed by atoms with Crippen LogP contribution in [0.4, 0.5) is 0 Å². The predicted molar refractivity (Wildman–Crippen MR) is 59.3 cm³/mol. The third kappa shape index (κ3) is 8.19. The van der Waals surface area contributed by atoms with Crippen LogP contribution in [-0.2, 0) is 0 Å². The minimum atomic E-state index is -0.303. The molecule has 2 rings (SSSR count). The molecule has 0 fully saturated rings. The van der Waals surface area contributed by atoms with Crippen molar-refractivity contribution in [3.05, 3.63) is 69.8 Å². The Balaban J connectivity index is 0. The Morgan fingerprint density at radius 2 is 1.12 bits per heavy atom. The van der Waals surface area contributed by atoms with Crippen LogP contribution in [0, 0.1) is 0 Å². The van der Waals surface area contributed by atoms with Gasteiger partial charge in [-0.2, -0.15) is 0 Å². The fourth-order valence-electron chi connectivity index (χ4n) is 0.650. The molecule has 16 heavy (non-hydrogen) atoms. The van der Waals surface area contributed by atoms with Crippen LogP contribution in [0.2, 0.25) is 0 Å². The summed E-state index contributed by atoms with van der Waals surface area (Å²) in [4.78, 5) is 20.2. The second-order valence-electron chi connectivity index (χ2n) is 2.25. The maximum atomic E-state index is 10.1. The van der Waals surface area contributed by atoms with Crippen LogP contribution in [-0.4, -0.2) is 35.0 Å². The summed E-state index contributed by atoms with van der Waals surface area (Å²) in [7, 11) is 0. The SMILES string of the molecule is O.O=c1cccco1.O=c1cccco1.[Na]. The second kappa shape index (κ2) is 10.4. The minimum absolute atomic E-state index is 0. The van der Waals surface area contributed by atoms with E-state index in [0.717, 1.165) is 0 Å². The maximum absolute atomic E-state index is 10.1. The van der Waals surface area contributed by atoms with Gasteiger partial charge in [-0.15, -0.1) is 0 Å². The molecule has 81 valence electrons. The Bertz CT molecular complexity index is 396. The van der Waals surface area contributed by atoms with Crippen molar-refractivity contribution in [3.8, 4) is 0 Å². The van der Waals surface area contributed by atoms with Crippen LogP contribution in [0.25, 0.3) is 0 Å². The largest absolute Gasteiger partial charge is 0.431 e. The molecular weight excluding hydrogens is 223 g/mol. The van der Waals surface area contributed by atoms with Gasteiger partial charge in [-0.3, -0.25) is 0 Å². The van der Waals surface area contributed by atoms with Gasteiger partial charge < -0.3 is 14.3 Å². The standard InChI is InChI=1S/2C5H4O2.Na.H2O/c2*6-5-3-1-2-4-7-5;;/h2*1-4H;;1H2. The molecule has 2 aromatic heterocycles. The van der Waals surface area contributed by atoms with Gasteiger partial charge in [0.05, 0.1) is 12.5 Å². The average Bonchev–Trinajstić information content (AvgIpc) is 2.21. The molecule has 0 aliphatic carbocycles. The molecule has 0 unspecified atom stereocenters. The van der Waals surface area contributed by atoms with Gasteiger partial charge in [0.15, 0.2) is 0 Å². The van der Waals surface area contributed by atoms with Crippen molar-refractivity contribution >= 4 is 29.6 Å². The smallest absolute Gasteiger partial charge is 0.335 e. The minimum Gasteiger partial charge on any atom is -0.431 e. The van der Waals surface area contributed by atoms with Gasteiger partial charge in [0.1, 0.15) is 0 Å². The summed E-state index contributed by atoms with van der Waals surface area (Å²) in [5.41, 5.74) is -0.606. The van der Waals surface area contributed by atoms with Crippen LogP contribution in [0.3, 0.4) is 0 Å². The average molecular weight is 233 g/mol. The van der Waals surface area contributed by atoms with Crippen molar-refractivity contribution < 1.29 is 14.3 Å². The third-order valence-corrected chi connectivity index (χ3v) is 1.21. The first kappa shape index (κ1) is 17.3. The van der Waals surface area contributed by atoms with Crippen LogP contribution >= 0.6 is 0 Å². The van der Waals surface area contributed by atoms with Crippen molar-refractivity contribution in [2.24, 2.45) is 0 Å². The van der Waals surface area contributed by atoms with Crippen molar-refractivity contribution in [1.82, 2.24) is 0 Å². The van der Waals surface area contributed by atoms with Gasteiger partial charge in [-0.25, -0.2) is 9.59 Å². The second-order valence-corrected chi connectivity index (χ2v) is 2.25. The van der Waals surface area contributed by atoms with Crippen molar-refractivity contribution in [3.63, 3.8) is 0 Å². The molecule has 0 aliphatic rings. The zero-order valence-electron chi connectivity index (χ0n) is 8.75. The molecule has 0 amide bonds. The fraction of sp³-hybridized carbons (Fsp3) is 0. The van der Waals surface area contributed by atoms with E-state index in [4.69, 9.17) is 0 Å². The molecule has 0 aromatic carbocycles. The summed E-state index contributed by atoms with van der Waals surface area (Å²) in [6, 6.07) is 9.29. The quantitative estimate of drug-likeness (QED) is 0.602. The first-order valence-corrected chi connectivity index (χ1v) is 3.87. The van der Waals surface area contributed by atoms with Gasteiger partial charge in [0, 0.05) is 41.7 Å². The summed E-state index contributed by atoms with van der Waals surface area (Å²) in [5.74, 6) is 0. The molecule has 0 saturated heterocycles. The van der Waals surface area contributed by atoms with Gasteiger partial charge in [0.2, 0.25) is 0 Å². The van der Waals surface area contributed by atoms with Crippen LogP contribution in [0.1, 0.15) is 0 Å². The summed E-state index contributed by atoms with van der Waals surface area (Å²) < 4.78 is 8.74. The summed E-state index contributed by atoms with van der Waals surface area (Å²) in [6.45, 7) is 0. The Labute approximate surface area is 113 Å². The first-order valence-electron chi connectivity index (χ1n) is 3.87. The van der Waals surface area contributed by atoms with Gasteiger partial charge in [0.25, 0.3) is 0 Å².